The fraction of sp³-hybridized carbons (Fsp3) is 0.786. The van der Waals surface area contributed by atoms with E-state index in [1.165, 1.54) is 7.11 Å². The van der Waals surface area contributed by atoms with E-state index in [0.29, 0.717) is 38.8 Å². The average Bonchev–Trinajstić information content (AvgIpc) is 2.49. The number of ether oxygens (including phenoxy) is 2. The number of carboxylic acids is 1. The van der Waals surface area contributed by atoms with Gasteiger partial charge in [-0.1, -0.05) is 6.92 Å². The molecule has 8 nitrogen and oxygen atoms in total. The molecule has 1 atom stereocenters. The number of rotatable bonds is 13. The molecule has 0 aromatic carbocycles. The zero-order valence-corrected chi connectivity index (χ0v) is 13.2. The van der Waals surface area contributed by atoms with E-state index in [1.807, 2.05) is 0 Å². The summed E-state index contributed by atoms with van der Waals surface area (Å²) < 4.78 is 9.78. The van der Waals surface area contributed by atoms with Gasteiger partial charge in [-0.15, -0.1) is 0 Å². The van der Waals surface area contributed by atoms with Crippen LogP contribution in [0.1, 0.15) is 32.6 Å². The highest BCUT2D eigenvalue weighted by Crippen LogP contribution is 2.01. The van der Waals surface area contributed by atoms with E-state index in [2.05, 4.69) is 10.6 Å². The van der Waals surface area contributed by atoms with Crippen LogP contribution in [0.3, 0.4) is 0 Å². The lowest BCUT2D eigenvalue weighted by Gasteiger charge is -2.14. The van der Waals surface area contributed by atoms with E-state index < -0.39 is 17.9 Å². The first kappa shape index (κ1) is 20.3. The second kappa shape index (κ2) is 13.0. The van der Waals surface area contributed by atoms with E-state index in [9.17, 15) is 14.4 Å². The van der Waals surface area contributed by atoms with Gasteiger partial charge in [-0.3, -0.25) is 9.59 Å². The van der Waals surface area contributed by atoms with Crippen LogP contribution in [0.5, 0.6) is 0 Å². The van der Waals surface area contributed by atoms with E-state index in [4.69, 9.17) is 14.6 Å². The van der Waals surface area contributed by atoms with Gasteiger partial charge in [-0.2, -0.15) is 0 Å². The quantitative estimate of drug-likeness (QED) is 0.409. The molecule has 0 aromatic heterocycles. The molecule has 128 valence electrons. The van der Waals surface area contributed by atoms with E-state index in [-0.39, 0.29) is 19.1 Å². The van der Waals surface area contributed by atoms with Gasteiger partial charge >= 0.3 is 5.97 Å². The van der Waals surface area contributed by atoms with Gasteiger partial charge in [0.15, 0.2) is 0 Å². The zero-order chi connectivity index (χ0) is 16.8. The van der Waals surface area contributed by atoms with E-state index >= 15 is 0 Å². The van der Waals surface area contributed by atoms with Gasteiger partial charge in [0.05, 0.1) is 13.2 Å². The van der Waals surface area contributed by atoms with Crippen LogP contribution in [-0.4, -0.2) is 62.4 Å². The van der Waals surface area contributed by atoms with Crippen LogP contribution >= 0.6 is 0 Å². The first-order valence-electron chi connectivity index (χ1n) is 7.36. The molecule has 8 heteroatoms. The maximum Gasteiger partial charge on any atom is 0.326 e. The van der Waals surface area contributed by atoms with Crippen molar-refractivity contribution in [3.63, 3.8) is 0 Å². The first-order valence-corrected chi connectivity index (χ1v) is 7.36. The molecule has 0 fully saturated rings. The molecule has 1 unspecified atom stereocenters. The predicted molar refractivity (Wildman–Crippen MR) is 79.4 cm³/mol. The fourth-order valence-corrected chi connectivity index (χ4v) is 1.63. The summed E-state index contributed by atoms with van der Waals surface area (Å²) in [5.41, 5.74) is 0. The molecule has 0 aliphatic carbocycles. The number of methoxy groups -OCH3 is 1. The summed E-state index contributed by atoms with van der Waals surface area (Å²) in [4.78, 5) is 33.6. The number of carbonyl (C=O) groups excluding carboxylic acids is 2. The van der Waals surface area contributed by atoms with Crippen LogP contribution in [0.25, 0.3) is 0 Å². The minimum absolute atomic E-state index is 0.0312. The third-order valence-electron chi connectivity index (χ3n) is 2.86. The Labute approximate surface area is 130 Å². The molecule has 0 radical (unpaired) electrons. The Balaban J connectivity index is 3.88. The summed E-state index contributed by atoms with van der Waals surface area (Å²) in [5, 5.41) is 14.2. The number of hydrogen-bond acceptors (Lipinski definition) is 5. The van der Waals surface area contributed by atoms with Crippen molar-refractivity contribution < 1.29 is 29.0 Å². The molecule has 2 amide bonds. The monoisotopic (exact) mass is 318 g/mol. The second-order valence-corrected chi connectivity index (χ2v) is 4.70. The van der Waals surface area contributed by atoms with Gasteiger partial charge in [0.1, 0.15) is 12.6 Å². The largest absolute Gasteiger partial charge is 0.480 e. The number of hydrogen-bond donors (Lipinski definition) is 3. The lowest BCUT2D eigenvalue weighted by atomic mass is 10.1. The molecule has 0 aliphatic rings. The molecule has 0 bridgehead atoms. The summed E-state index contributed by atoms with van der Waals surface area (Å²) >= 11 is 0. The molecule has 0 aromatic rings. The summed E-state index contributed by atoms with van der Waals surface area (Å²) in [6.07, 6.45) is 1.99. The summed E-state index contributed by atoms with van der Waals surface area (Å²) in [6, 6.07) is -0.944. The normalized spacial score (nSPS) is 11.7. The molecular weight excluding hydrogens is 292 g/mol. The number of amides is 2. The maximum atomic E-state index is 11.5. The molecule has 0 saturated heterocycles. The van der Waals surface area contributed by atoms with Crippen molar-refractivity contribution in [2.45, 2.75) is 38.6 Å². The van der Waals surface area contributed by atoms with Crippen LogP contribution in [0.2, 0.25) is 0 Å². The number of carbonyl (C=O) groups is 3. The van der Waals surface area contributed by atoms with Crippen molar-refractivity contribution in [1.82, 2.24) is 10.6 Å². The van der Waals surface area contributed by atoms with Crippen LogP contribution < -0.4 is 10.6 Å². The summed E-state index contributed by atoms with van der Waals surface area (Å²) in [7, 11) is 1.52. The lowest BCUT2D eigenvalue weighted by molar-refractivity contribution is -0.142. The highest BCUT2D eigenvalue weighted by atomic mass is 16.5. The van der Waals surface area contributed by atoms with Crippen LogP contribution in [-0.2, 0) is 23.9 Å². The average molecular weight is 318 g/mol. The van der Waals surface area contributed by atoms with Crippen LogP contribution in [0, 0.1) is 0 Å². The van der Waals surface area contributed by atoms with Gasteiger partial charge < -0.3 is 25.2 Å². The molecule has 0 heterocycles. The number of aliphatic carboxylic acids is 1. The smallest absolute Gasteiger partial charge is 0.326 e. The van der Waals surface area contributed by atoms with Crippen molar-refractivity contribution in [3.05, 3.63) is 0 Å². The molecule has 0 rings (SSSR count). The van der Waals surface area contributed by atoms with Crippen molar-refractivity contribution in [3.8, 4) is 0 Å². The summed E-state index contributed by atoms with van der Waals surface area (Å²) in [5.74, 6) is -1.58. The standard InChI is InChI=1S/C14H26N2O6/c1-3-12(17)15-7-5-4-6-11(14(19)20)16-13(18)10-22-9-8-21-2/h11H,3-10H2,1-2H3,(H,15,17)(H,16,18)(H,19,20). The van der Waals surface area contributed by atoms with Gasteiger partial charge in [0, 0.05) is 20.1 Å². The Morgan fingerprint density at radius 1 is 1.14 bits per heavy atom. The van der Waals surface area contributed by atoms with Gasteiger partial charge in [-0.05, 0) is 19.3 Å². The Hall–Kier alpha value is -1.67. The van der Waals surface area contributed by atoms with Gasteiger partial charge in [-0.25, -0.2) is 4.79 Å². The minimum Gasteiger partial charge on any atom is -0.480 e. The van der Waals surface area contributed by atoms with Crippen molar-refractivity contribution in [2.24, 2.45) is 0 Å². The molecule has 0 aliphatic heterocycles. The number of carboxylic acid groups (broad SMARTS) is 1. The Kier molecular flexibility index (Phi) is 12.0. The highest BCUT2D eigenvalue weighted by molar-refractivity contribution is 5.84. The Bertz CT molecular complexity index is 348. The Morgan fingerprint density at radius 2 is 1.86 bits per heavy atom. The van der Waals surface area contributed by atoms with Crippen molar-refractivity contribution >= 4 is 17.8 Å². The van der Waals surface area contributed by atoms with Crippen molar-refractivity contribution in [1.29, 1.82) is 0 Å². The molecule has 0 spiro atoms. The third kappa shape index (κ3) is 11.0. The SMILES string of the molecule is CCC(=O)NCCCCC(NC(=O)COCCOC)C(=O)O. The Morgan fingerprint density at radius 3 is 2.45 bits per heavy atom. The van der Waals surface area contributed by atoms with Gasteiger partial charge in [0.25, 0.3) is 0 Å². The van der Waals surface area contributed by atoms with Gasteiger partial charge in [0.2, 0.25) is 11.8 Å². The molecule has 22 heavy (non-hydrogen) atoms. The molecular formula is C14H26N2O6. The van der Waals surface area contributed by atoms with E-state index in [0.717, 1.165) is 0 Å². The van der Waals surface area contributed by atoms with Crippen LogP contribution in [0.4, 0.5) is 0 Å². The second-order valence-electron chi connectivity index (χ2n) is 4.70. The minimum atomic E-state index is -1.08. The number of unbranched alkanes of at least 4 members (excludes halogenated alkanes) is 1. The molecule has 0 saturated carbocycles. The lowest BCUT2D eigenvalue weighted by Crippen LogP contribution is -2.42. The third-order valence-corrected chi connectivity index (χ3v) is 2.86. The van der Waals surface area contributed by atoms with Crippen LogP contribution in [0.15, 0.2) is 0 Å². The van der Waals surface area contributed by atoms with E-state index in [1.54, 1.807) is 6.92 Å². The number of nitrogens with one attached hydrogen (secondary N) is 2. The maximum absolute atomic E-state index is 11.5. The first-order chi connectivity index (χ1) is 10.5. The summed E-state index contributed by atoms with van der Waals surface area (Å²) in [6.45, 7) is 2.73. The highest BCUT2D eigenvalue weighted by Gasteiger charge is 2.19. The molecule has 3 N–H and O–H groups in total. The zero-order valence-electron chi connectivity index (χ0n) is 13.2. The topological polar surface area (TPSA) is 114 Å². The fourth-order valence-electron chi connectivity index (χ4n) is 1.63. The predicted octanol–water partition coefficient (Wildman–Crippen LogP) is -0.0847. The van der Waals surface area contributed by atoms with Crippen molar-refractivity contribution in [2.75, 3.05) is 33.5 Å².